The number of rotatable bonds is 5. The summed E-state index contributed by atoms with van der Waals surface area (Å²) in [6.45, 7) is 4.03. The molecule has 0 aliphatic heterocycles. The third-order valence-corrected chi connectivity index (χ3v) is 7.81. The normalized spacial score (nSPS) is 27.2. The van der Waals surface area contributed by atoms with E-state index < -0.39 is 15.5 Å². The predicted molar refractivity (Wildman–Crippen MR) is 101 cm³/mol. The first kappa shape index (κ1) is 17.5. The molecular weight excluding hydrogens is 350 g/mol. The van der Waals surface area contributed by atoms with Crippen molar-refractivity contribution in [3.8, 4) is 0 Å². The standard InChI is InChI=1S/C20H23NO4S/c1-19(2)15-10-11-20(19,18(22)12-15)13-26(23,24)25-21-17-9-5-7-14-6-3-4-8-16(14)17/h3-9,15,21H,10-13H2,1-2H3. The zero-order valence-electron chi connectivity index (χ0n) is 15.0. The first-order chi connectivity index (χ1) is 12.3. The Hall–Kier alpha value is -1.92. The van der Waals surface area contributed by atoms with E-state index in [1.807, 2.05) is 50.2 Å². The van der Waals surface area contributed by atoms with Gasteiger partial charge in [-0.3, -0.25) is 4.79 Å². The Kier molecular flexibility index (Phi) is 3.90. The zero-order chi connectivity index (χ0) is 18.6. The second-order valence-electron chi connectivity index (χ2n) is 8.08. The minimum absolute atomic E-state index is 0.0658. The third-order valence-electron chi connectivity index (χ3n) is 6.63. The van der Waals surface area contributed by atoms with E-state index in [9.17, 15) is 13.2 Å². The minimum atomic E-state index is -3.91. The summed E-state index contributed by atoms with van der Waals surface area (Å²) >= 11 is 0. The van der Waals surface area contributed by atoms with Gasteiger partial charge in [0.2, 0.25) is 0 Å². The molecule has 2 unspecified atom stereocenters. The highest BCUT2D eigenvalue weighted by Crippen LogP contribution is 2.64. The van der Waals surface area contributed by atoms with Crippen molar-refractivity contribution in [2.45, 2.75) is 33.1 Å². The molecule has 2 aromatic carbocycles. The summed E-state index contributed by atoms with van der Waals surface area (Å²) in [5, 5.41) is 1.87. The van der Waals surface area contributed by atoms with Crippen molar-refractivity contribution >= 4 is 32.4 Å². The first-order valence-electron chi connectivity index (χ1n) is 8.93. The molecule has 2 aromatic rings. The average Bonchev–Trinajstić information content (AvgIpc) is 2.94. The number of hydrogen-bond acceptors (Lipinski definition) is 5. The molecular formula is C20H23NO4S. The molecule has 0 saturated heterocycles. The van der Waals surface area contributed by atoms with Crippen molar-refractivity contribution in [2.75, 3.05) is 11.2 Å². The number of Topliss-reactive ketones (excluding diaryl/α,β-unsaturated/α-hetero) is 1. The van der Waals surface area contributed by atoms with E-state index >= 15 is 0 Å². The van der Waals surface area contributed by atoms with Gasteiger partial charge in [0, 0.05) is 11.8 Å². The molecule has 4 rings (SSSR count). The maximum atomic E-state index is 12.7. The smallest absolute Gasteiger partial charge is 0.288 e. The van der Waals surface area contributed by atoms with Crippen LogP contribution in [0.1, 0.15) is 33.1 Å². The van der Waals surface area contributed by atoms with Gasteiger partial charge in [0.1, 0.15) is 5.78 Å². The Morgan fingerprint density at radius 3 is 2.58 bits per heavy atom. The van der Waals surface area contributed by atoms with Crippen molar-refractivity contribution in [1.29, 1.82) is 0 Å². The van der Waals surface area contributed by atoms with E-state index in [0.29, 0.717) is 18.5 Å². The van der Waals surface area contributed by atoms with Crippen LogP contribution in [-0.2, 0) is 19.2 Å². The Labute approximate surface area is 153 Å². The summed E-state index contributed by atoms with van der Waals surface area (Å²) in [5.41, 5.74) is 2.06. The molecule has 0 aromatic heterocycles. The molecule has 138 valence electrons. The monoisotopic (exact) mass is 373 g/mol. The Bertz CT molecular complexity index is 977. The lowest BCUT2D eigenvalue weighted by atomic mass is 9.70. The fraction of sp³-hybridized carbons (Fsp3) is 0.450. The fourth-order valence-electron chi connectivity index (χ4n) is 4.86. The Morgan fingerprint density at radius 1 is 1.15 bits per heavy atom. The number of hydrogen-bond donors (Lipinski definition) is 1. The van der Waals surface area contributed by atoms with Crippen molar-refractivity contribution in [1.82, 2.24) is 0 Å². The lowest BCUT2D eigenvalue weighted by Gasteiger charge is -2.35. The first-order valence-corrected chi connectivity index (χ1v) is 10.5. The summed E-state index contributed by atoms with van der Waals surface area (Å²) in [6, 6.07) is 13.2. The van der Waals surface area contributed by atoms with Crippen molar-refractivity contribution < 1.29 is 17.5 Å². The molecule has 2 aliphatic rings. The lowest BCUT2D eigenvalue weighted by molar-refractivity contribution is -0.128. The van der Waals surface area contributed by atoms with Crippen LogP contribution in [0.4, 0.5) is 5.69 Å². The molecule has 0 amide bonds. The van der Waals surface area contributed by atoms with Gasteiger partial charge in [-0.1, -0.05) is 50.2 Å². The highest BCUT2D eigenvalue weighted by molar-refractivity contribution is 7.86. The van der Waals surface area contributed by atoms with E-state index in [1.165, 1.54) is 0 Å². The quantitative estimate of drug-likeness (QED) is 0.805. The predicted octanol–water partition coefficient (Wildman–Crippen LogP) is 3.91. The van der Waals surface area contributed by atoms with Crippen LogP contribution in [0.2, 0.25) is 0 Å². The molecule has 0 heterocycles. The van der Waals surface area contributed by atoms with Crippen LogP contribution in [0.5, 0.6) is 0 Å². The highest BCUT2D eigenvalue weighted by atomic mass is 32.2. The van der Waals surface area contributed by atoms with E-state index in [-0.39, 0.29) is 22.9 Å². The van der Waals surface area contributed by atoms with Crippen LogP contribution in [0.15, 0.2) is 42.5 Å². The SMILES string of the molecule is CC1(C)C2CCC1(CS(=O)(=O)ONc1cccc3ccccc13)C(=O)C2. The maximum absolute atomic E-state index is 12.7. The molecule has 2 aliphatic carbocycles. The molecule has 2 saturated carbocycles. The van der Waals surface area contributed by atoms with Gasteiger partial charge in [-0.25, -0.2) is 5.48 Å². The average molecular weight is 373 g/mol. The fourth-order valence-corrected chi connectivity index (χ4v) is 6.42. The number of fused-ring (bicyclic) bond motifs is 3. The molecule has 5 nitrogen and oxygen atoms in total. The summed E-state index contributed by atoms with van der Waals surface area (Å²) in [5.74, 6) is 0.0763. The minimum Gasteiger partial charge on any atom is -0.299 e. The summed E-state index contributed by atoms with van der Waals surface area (Å²) in [4.78, 5) is 12.6. The highest BCUT2D eigenvalue weighted by Gasteiger charge is 2.65. The number of ketones is 1. The molecule has 0 radical (unpaired) electrons. The Balaban J connectivity index is 1.56. The number of anilines is 1. The molecule has 2 bridgehead atoms. The van der Waals surface area contributed by atoms with Gasteiger partial charge >= 0.3 is 0 Å². The van der Waals surface area contributed by atoms with Crippen LogP contribution in [0.25, 0.3) is 10.8 Å². The largest absolute Gasteiger partial charge is 0.299 e. The van der Waals surface area contributed by atoms with Gasteiger partial charge in [-0.05, 0) is 35.6 Å². The zero-order valence-corrected chi connectivity index (χ0v) is 15.8. The van der Waals surface area contributed by atoms with E-state index in [4.69, 9.17) is 4.28 Å². The van der Waals surface area contributed by atoms with Gasteiger partial charge in [0.25, 0.3) is 10.1 Å². The molecule has 1 N–H and O–H groups in total. The summed E-state index contributed by atoms with van der Waals surface area (Å²) < 4.78 is 30.5. The summed E-state index contributed by atoms with van der Waals surface area (Å²) in [7, 11) is -3.91. The van der Waals surface area contributed by atoms with Crippen LogP contribution in [-0.4, -0.2) is 20.0 Å². The summed E-state index contributed by atoms with van der Waals surface area (Å²) in [6.07, 6.45) is 2.02. The van der Waals surface area contributed by atoms with Gasteiger partial charge in [-0.2, -0.15) is 12.7 Å². The van der Waals surface area contributed by atoms with E-state index in [1.54, 1.807) is 6.07 Å². The van der Waals surface area contributed by atoms with Crippen molar-refractivity contribution in [3.05, 3.63) is 42.5 Å². The van der Waals surface area contributed by atoms with Crippen LogP contribution >= 0.6 is 0 Å². The number of carbonyl (C=O) groups is 1. The Morgan fingerprint density at radius 2 is 1.88 bits per heavy atom. The molecule has 2 fully saturated rings. The molecule has 6 heteroatoms. The van der Waals surface area contributed by atoms with Crippen LogP contribution in [0, 0.1) is 16.7 Å². The molecule has 2 atom stereocenters. The third kappa shape index (κ3) is 2.55. The van der Waals surface area contributed by atoms with Crippen molar-refractivity contribution in [2.24, 2.45) is 16.7 Å². The van der Waals surface area contributed by atoms with Crippen LogP contribution < -0.4 is 5.48 Å². The molecule has 0 spiro atoms. The van der Waals surface area contributed by atoms with Gasteiger partial charge < -0.3 is 0 Å². The van der Waals surface area contributed by atoms with E-state index in [0.717, 1.165) is 17.2 Å². The second kappa shape index (κ2) is 5.79. The van der Waals surface area contributed by atoms with Crippen LogP contribution in [0.3, 0.4) is 0 Å². The number of benzene rings is 2. The van der Waals surface area contributed by atoms with Crippen molar-refractivity contribution in [3.63, 3.8) is 0 Å². The maximum Gasteiger partial charge on any atom is 0.288 e. The number of carbonyl (C=O) groups excluding carboxylic acids is 1. The van der Waals surface area contributed by atoms with E-state index in [2.05, 4.69) is 5.48 Å². The van der Waals surface area contributed by atoms with Gasteiger partial charge in [-0.15, -0.1) is 0 Å². The van der Waals surface area contributed by atoms with Gasteiger partial charge in [0.05, 0.1) is 16.9 Å². The topological polar surface area (TPSA) is 72.5 Å². The lowest BCUT2D eigenvalue weighted by Crippen LogP contribution is -2.42. The second-order valence-corrected chi connectivity index (χ2v) is 9.65. The molecule has 26 heavy (non-hydrogen) atoms. The van der Waals surface area contributed by atoms with Gasteiger partial charge in [0.15, 0.2) is 0 Å². The number of nitrogens with one attached hydrogen (secondary N) is 1.